The van der Waals surface area contributed by atoms with Crippen molar-refractivity contribution in [1.82, 2.24) is 4.98 Å². The molecule has 140 valence electrons. The van der Waals surface area contributed by atoms with Crippen molar-refractivity contribution in [3.05, 3.63) is 64.1 Å². The van der Waals surface area contributed by atoms with Gasteiger partial charge in [0.25, 0.3) is 0 Å². The highest BCUT2D eigenvalue weighted by Gasteiger charge is 2.20. The summed E-state index contributed by atoms with van der Waals surface area (Å²) in [7, 11) is 0. The largest absolute Gasteiger partial charge is 0.469 e. The summed E-state index contributed by atoms with van der Waals surface area (Å²) >= 11 is 1.33. The number of carbonyl (C=O) groups excluding carboxylic acids is 2. The van der Waals surface area contributed by atoms with Crippen molar-refractivity contribution in [1.29, 1.82) is 0 Å². The molecule has 0 unspecified atom stereocenters. The Kier molecular flexibility index (Phi) is 5.41. The Balaban J connectivity index is 1.77. The Labute approximate surface area is 161 Å². The Morgan fingerprint density at radius 3 is 2.63 bits per heavy atom. The first-order valence-corrected chi connectivity index (χ1v) is 9.28. The fraction of sp³-hybridized carbons (Fsp3) is 0.250. The highest BCUT2D eigenvalue weighted by molar-refractivity contribution is 7.14. The molecule has 0 aliphatic rings. The smallest absolute Gasteiger partial charge is 0.342 e. The number of anilines is 2. The Morgan fingerprint density at radius 1 is 1.22 bits per heavy atom. The first kappa shape index (κ1) is 18.8. The molecule has 3 aromatic rings. The molecule has 0 spiro atoms. The zero-order valence-electron chi connectivity index (χ0n) is 15.6. The minimum Gasteiger partial charge on any atom is -0.469 e. The zero-order valence-corrected chi connectivity index (χ0v) is 16.4. The molecule has 2 heterocycles. The van der Waals surface area contributed by atoms with Gasteiger partial charge in [-0.3, -0.25) is 9.69 Å². The summed E-state index contributed by atoms with van der Waals surface area (Å²) in [6.45, 7) is 7.20. The second kappa shape index (κ2) is 7.75. The van der Waals surface area contributed by atoms with Crippen LogP contribution in [0.5, 0.6) is 0 Å². The molecule has 0 saturated heterocycles. The number of carbonyl (C=O) groups is 2. The molecular formula is C20H20N2O4S. The van der Waals surface area contributed by atoms with Crippen LogP contribution in [0.2, 0.25) is 0 Å². The summed E-state index contributed by atoms with van der Waals surface area (Å²) in [5.74, 6) is -0.0842. The molecule has 0 fully saturated rings. The van der Waals surface area contributed by atoms with Crippen LogP contribution in [0, 0.1) is 20.8 Å². The van der Waals surface area contributed by atoms with Gasteiger partial charge in [-0.25, -0.2) is 9.78 Å². The molecule has 1 amide bonds. The molecule has 0 N–H and O–H groups in total. The molecule has 0 saturated carbocycles. The van der Waals surface area contributed by atoms with Crippen LogP contribution in [0.4, 0.5) is 10.8 Å². The van der Waals surface area contributed by atoms with Gasteiger partial charge < -0.3 is 9.15 Å². The number of esters is 1. The molecule has 3 rings (SSSR count). The third-order valence-electron chi connectivity index (χ3n) is 4.07. The molecule has 6 nitrogen and oxygen atoms in total. The van der Waals surface area contributed by atoms with E-state index in [9.17, 15) is 9.59 Å². The summed E-state index contributed by atoms with van der Waals surface area (Å²) in [5.41, 5.74) is 3.89. The van der Waals surface area contributed by atoms with Crippen molar-refractivity contribution in [3.8, 4) is 0 Å². The molecule has 0 aliphatic heterocycles. The molecule has 0 bridgehead atoms. The lowest BCUT2D eigenvalue weighted by Gasteiger charge is -2.20. The Hall–Kier alpha value is -2.93. The number of benzene rings is 1. The average Bonchev–Trinajstić information content (AvgIpc) is 3.24. The Bertz CT molecular complexity index is 990. The minimum atomic E-state index is -0.464. The normalized spacial score (nSPS) is 10.7. The second-order valence-electron chi connectivity index (χ2n) is 6.23. The van der Waals surface area contributed by atoms with Gasteiger partial charge in [0.2, 0.25) is 5.91 Å². The number of thiazole rings is 1. The lowest BCUT2D eigenvalue weighted by Crippen LogP contribution is -2.23. The van der Waals surface area contributed by atoms with E-state index < -0.39 is 5.97 Å². The van der Waals surface area contributed by atoms with E-state index in [1.165, 1.54) is 24.5 Å². The van der Waals surface area contributed by atoms with Crippen molar-refractivity contribution >= 4 is 34.0 Å². The third-order valence-corrected chi connectivity index (χ3v) is 4.94. The average molecular weight is 384 g/mol. The lowest BCUT2D eigenvalue weighted by atomic mass is 10.1. The van der Waals surface area contributed by atoms with Crippen molar-refractivity contribution in [2.24, 2.45) is 0 Å². The fourth-order valence-corrected chi connectivity index (χ4v) is 3.61. The maximum absolute atomic E-state index is 12.2. The first-order chi connectivity index (χ1) is 12.9. The van der Waals surface area contributed by atoms with E-state index in [4.69, 9.17) is 9.15 Å². The van der Waals surface area contributed by atoms with E-state index in [-0.39, 0.29) is 12.5 Å². The summed E-state index contributed by atoms with van der Waals surface area (Å²) in [4.78, 5) is 30.4. The predicted octanol–water partition coefficient (Wildman–Crippen LogP) is 4.70. The zero-order chi connectivity index (χ0) is 19.6. The third kappa shape index (κ3) is 4.09. The molecule has 2 aromatic heterocycles. The summed E-state index contributed by atoms with van der Waals surface area (Å²) in [6.07, 6.45) is 1.45. The van der Waals surface area contributed by atoms with Crippen LogP contribution < -0.4 is 4.90 Å². The molecule has 0 atom stereocenters. The van der Waals surface area contributed by atoms with Crippen LogP contribution >= 0.6 is 11.3 Å². The minimum absolute atomic E-state index is 0.0264. The maximum Gasteiger partial charge on any atom is 0.342 e. The second-order valence-corrected chi connectivity index (χ2v) is 7.07. The van der Waals surface area contributed by atoms with Crippen LogP contribution in [-0.2, 0) is 16.1 Å². The van der Waals surface area contributed by atoms with Crippen LogP contribution in [0.25, 0.3) is 0 Å². The van der Waals surface area contributed by atoms with E-state index in [2.05, 4.69) is 4.98 Å². The van der Waals surface area contributed by atoms with Crippen molar-refractivity contribution in [3.63, 3.8) is 0 Å². The maximum atomic E-state index is 12.2. The number of amides is 1. The van der Waals surface area contributed by atoms with E-state index >= 15 is 0 Å². The number of aryl methyl sites for hydroxylation is 3. The number of furan rings is 1. The highest BCUT2D eigenvalue weighted by atomic mass is 32.1. The fourth-order valence-electron chi connectivity index (χ4n) is 2.74. The molecule has 1 aromatic carbocycles. The summed E-state index contributed by atoms with van der Waals surface area (Å²) in [5, 5.41) is 2.32. The number of ether oxygens (including phenoxy) is 1. The SMILES string of the molecule is CC(=O)N(c1nc(COC(=O)c2ccoc2C)cs1)c1ccc(C)cc1C. The van der Waals surface area contributed by atoms with Crippen LogP contribution in [0.3, 0.4) is 0 Å². The van der Waals surface area contributed by atoms with Gasteiger partial charge in [0.15, 0.2) is 5.13 Å². The molecule has 7 heteroatoms. The summed E-state index contributed by atoms with van der Waals surface area (Å²) < 4.78 is 10.4. The number of rotatable bonds is 5. The molecular weight excluding hydrogens is 364 g/mol. The van der Waals surface area contributed by atoms with E-state index in [1.54, 1.807) is 23.3 Å². The van der Waals surface area contributed by atoms with Crippen molar-refractivity contribution < 1.29 is 18.7 Å². The van der Waals surface area contributed by atoms with Crippen molar-refractivity contribution in [2.75, 3.05) is 4.90 Å². The molecule has 27 heavy (non-hydrogen) atoms. The van der Waals surface area contributed by atoms with E-state index in [0.717, 1.165) is 16.8 Å². The van der Waals surface area contributed by atoms with E-state index in [1.807, 2.05) is 32.0 Å². The predicted molar refractivity (Wildman–Crippen MR) is 103 cm³/mol. The van der Waals surface area contributed by atoms with Gasteiger partial charge >= 0.3 is 5.97 Å². The number of aromatic nitrogens is 1. The van der Waals surface area contributed by atoms with Gasteiger partial charge in [-0.1, -0.05) is 17.7 Å². The standard InChI is InChI=1S/C20H20N2O4S/c1-12-5-6-18(13(2)9-12)22(15(4)23)20-21-16(11-27-20)10-26-19(24)17-7-8-25-14(17)3/h5-9,11H,10H2,1-4H3. The van der Waals surface area contributed by atoms with Crippen LogP contribution in [0.1, 0.15) is 39.9 Å². The first-order valence-electron chi connectivity index (χ1n) is 8.40. The van der Waals surface area contributed by atoms with Gasteiger partial charge in [0.1, 0.15) is 17.9 Å². The number of nitrogens with zero attached hydrogens (tertiary/aromatic N) is 2. The van der Waals surface area contributed by atoms with Crippen molar-refractivity contribution in [2.45, 2.75) is 34.3 Å². The highest BCUT2D eigenvalue weighted by Crippen LogP contribution is 2.32. The van der Waals surface area contributed by atoms with Crippen LogP contribution in [0.15, 0.2) is 40.3 Å². The number of hydrogen-bond acceptors (Lipinski definition) is 6. The lowest BCUT2D eigenvalue weighted by molar-refractivity contribution is -0.115. The Morgan fingerprint density at radius 2 is 2.00 bits per heavy atom. The van der Waals surface area contributed by atoms with Crippen LogP contribution in [-0.4, -0.2) is 16.9 Å². The van der Waals surface area contributed by atoms with Gasteiger partial charge in [-0.2, -0.15) is 0 Å². The molecule has 0 radical (unpaired) electrons. The van der Waals surface area contributed by atoms with Gasteiger partial charge in [-0.15, -0.1) is 11.3 Å². The molecule has 0 aliphatic carbocycles. The van der Waals surface area contributed by atoms with Gasteiger partial charge in [-0.05, 0) is 38.5 Å². The summed E-state index contributed by atoms with van der Waals surface area (Å²) in [6, 6.07) is 7.47. The topological polar surface area (TPSA) is 72.6 Å². The van der Waals surface area contributed by atoms with Gasteiger partial charge in [0, 0.05) is 12.3 Å². The quantitative estimate of drug-likeness (QED) is 0.596. The number of hydrogen-bond donors (Lipinski definition) is 0. The van der Waals surface area contributed by atoms with Gasteiger partial charge in [0.05, 0.1) is 17.6 Å². The monoisotopic (exact) mass is 384 g/mol. The van der Waals surface area contributed by atoms with E-state index in [0.29, 0.717) is 22.1 Å².